The summed E-state index contributed by atoms with van der Waals surface area (Å²) in [6, 6.07) is 8.12. The third-order valence-corrected chi connectivity index (χ3v) is 4.11. The number of aromatic nitrogens is 2. The molecule has 0 atom stereocenters. The molecule has 0 spiro atoms. The van der Waals surface area contributed by atoms with Gasteiger partial charge in [0, 0.05) is 17.7 Å². The number of halogens is 1. The number of alkyl halides is 1. The molecule has 0 N–H and O–H groups in total. The summed E-state index contributed by atoms with van der Waals surface area (Å²) in [6.07, 6.45) is 9.99. The largest absolute Gasteiger partial charge is 0.255 e. The summed E-state index contributed by atoms with van der Waals surface area (Å²) >= 11 is 3.48. The molecule has 0 amide bonds. The molecule has 20 heavy (non-hydrogen) atoms. The van der Waals surface area contributed by atoms with E-state index in [2.05, 4.69) is 38.9 Å². The van der Waals surface area contributed by atoms with Gasteiger partial charge in [-0.15, -0.1) is 0 Å². The number of aryl methyl sites for hydroxylation is 1. The summed E-state index contributed by atoms with van der Waals surface area (Å²) < 4.78 is 0. The van der Waals surface area contributed by atoms with Crippen LogP contribution in [-0.2, 0) is 6.42 Å². The van der Waals surface area contributed by atoms with Crippen molar-refractivity contribution >= 4 is 15.9 Å². The molecule has 3 heteroatoms. The Balaban J connectivity index is 2.04. The maximum absolute atomic E-state index is 4.50. The Morgan fingerprint density at radius 2 is 1.80 bits per heavy atom. The van der Waals surface area contributed by atoms with E-state index in [1.165, 1.54) is 36.8 Å². The lowest BCUT2D eigenvalue weighted by atomic mass is 10.00. The Morgan fingerprint density at radius 3 is 2.55 bits per heavy atom. The third-order valence-electron chi connectivity index (χ3n) is 3.55. The number of rotatable bonds is 7. The summed E-state index contributed by atoms with van der Waals surface area (Å²) in [5.41, 5.74) is 4.65. The molecule has 0 saturated carbocycles. The first-order valence-corrected chi connectivity index (χ1v) is 8.37. The van der Waals surface area contributed by atoms with Gasteiger partial charge >= 0.3 is 0 Å². The lowest BCUT2D eigenvalue weighted by molar-refractivity contribution is 0.670. The van der Waals surface area contributed by atoms with Crippen LogP contribution in [0.1, 0.15) is 36.8 Å². The highest BCUT2D eigenvalue weighted by Crippen LogP contribution is 2.22. The van der Waals surface area contributed by atoms with Crippen molar-refractivity contribution in [3.8, 4) is 11.4 Å². The third kappa shape index (κ3) is 4.14. The molecule has 2 heterocycles. The second kappa shape index (κ2) is 8.15. The molecule has 0 aromatic carbocycles. The lowest BCUT2D eigenvalue weighted by Gasteiger charge is -2.10. The van der Waals surface area contributed by atoms with E-state index in [0.29, 0.717) is 0 Å². The van der Waals surface area contributed by atoms with Crippen molar-refractivity contribution in [1.82, 2.24) is 9.97 Å². The maximum Gasteiger partial charge on any atom is 0.0917 e. The number of unbranched alkanes of at least 4 members (excludes halogenated alkanes) is 3. The van der Waals surface area contributed by atoms with Gasteiger partial charge in [-0.25, -0.2) is 0 Å². The van der Waals surface area contributed by atoms with E-state index < -0.39 is 0 Å². The SMILES string of the molecule is Cc1c(CCCCCCBr)ccnc1-c1ccccn1. The van der Waals surface area contributed by atoms with Crippen LogP contribution in [0.4, 0.5) is 0 Å². The Morgan fingerprint density at radius 1 is 0.950 bits per heavy atom. The van der Waals surface area contributed by atoms with Gasteiger partial charge in [0.1, 0.15) is 0 Å². The van der Waals surface area contributed by atoms with E-state index in [1.807, 2.05) is 30.6 Å². The molecule has 106 valence electrons. The van der Waals surface area contributed by atoms with Crippen LogP contribution in [0.5, 0.6) is 0 Å². The van der Waals surface area contributed by atoms with Crippen molar-refractivity contribution < 1.29 is 0 Å². The summed E-state index contributed by atoms with van der Waals surface area (Å²) in [7, 11) is 0. The molecule has 0 fully saturated rings. The van der Waals surface area contributed by atoms with Crippen molar-refractivity contribution in [2.75, 3.05) is 5.33 Å². The van der Waals surface area contributed by atoms with Gasteiger partial charge in [0.15, 0.2) is 0 Å². The minimum Gasteiger partial charge on any atom is -0.255 e. The van der Waals surface area contributed by atoms with E-state index >= 15 is 0 Å². The van der Waals surface area contributed by atoms with Crippen LogP contribution in [0, 0.1) is 6.92 Å². The zero-order valence-corrected chi connectivity index (χ0v) is 13.6. The molecule has 0 radical (unpaired) electrons. The van der Waals surface area contributed by atoms with Crippen molar-refractivity contribution in [3.05, 3.63) is 47.8 Å². The highest BCUT2D eigenvalue weighted by Gasteiger charge is 2.08. The molecule has 2 nitrogen and oxygen atoms in total. The maximum atomic E-state index is 4.50. The molecule has 0 aliphatic carbocycles. The topological polar surface area (TPSA) is 25.8 Å². The van der Waals surface area contributed by atoms with Gasteiger partial charge < -0.3 is 0 Å². The predicted molar refractivity (Wildman–Crippen MR) is 88.2 cm³/mol. The molecular weight excluding hydrogens is 312 g/mol. The fourth-order valence-corrected chi connectivity index (χ4v) is 2.77. The van der Waals surface area contributed by atoms with E-state index in [9.17, 15) is 0 Å². The average molecular weight is 333 g/mol. The quantitative estimate of drug-likeness (QED) is 0.529. The van der Waals surface area contributed by atoms with Gasteiger partial charge in [0.2, 0.25) is 0 Å². The zero-order chi connectivity index (χ0) is 14.2. The molecular formula is C17H21BrN2. The monoisotopic (exact) mass is 332 g/mol. The van der Waals surface area contributed by atoms with Crippen LogP contribution in [0.25, 0.3) is 11.4 Å². The molecule has 2 rings (SSSR count). The van der Waals surface area contributed by atoms with Crippen molar-refractivity contribution in [3.63, 3.8) is 0 Å². The fourth-order valence-electron chi connectivity index (χ4n) is 2.37. The molecule has 0 unspecified atom stereocenters. The van der Waals surface area contributed by atoms with Crippen LogP contribution in [-0.4, -0.2) is 15.3 Å². The Bertz CT molecular complexity index is 526. The highest BCUT2D eigenvalue weighted by atomic mass is 79.9. The first kappa shape index (κ1) is 15.2. The van der Waals surface area contributed by atoms with E-state index in [-0.39, 0.29) is 0 Å². The van der Waals surface area contributed by atoms with Gasteiger partial charge in [0.25, 0.3) is 0 Å². The lowest BCUT2D eigenvalue weighted by Crippen LogP contribution is -1.97. The van der Waals surface area contributed by atoms with Gasteiger partial charge in [-0.3, -0.25) is 9.97 Å². The van der Waals surface area contributed by atoms with Crippen LogP contribution in [0.3, 0.4) is 0 Å². The Kier molecular flexibility index (Phi) is 6.19. The van der Waals surface area contributed by atoms with Crippen LogP contribution in [0.15, 0.2) is 36.7 Å². The minimum absolute atomic E-state index is 0.964. The van der Waals surface area contributed by atoms with Crippen LogP contribution in [0.2, 0.25) is 0 Å². The minimum atomic E-state index is 0.964. The van der Waals surface area contributed by atoms with Gasteiger partial charge in [0.05, 0.1) is 11.4 Å². The molecule has 0 saturated heterocycles. The Labute approximate surface area is 129 Å². The standard InChI is InChI=1S/C17H21BrN2/c1-14-15(8-4-2-3-6-11-18)10-13-20-17(14)16-9-5-7-12-19-16/h5,7,9-10,12-13H,2-4,6,8,11H2,1H3. The second-order valence-electron chi connectivity index (χ2n) is 5.01. The first-order valence-electron chi connectivity index (χ1n) is 7.25. The molecule has 0 aliphatic rings. The molecule has 2 aromatic rings. The Hall–Kier alpha value is -1.22. The zero-order valence-electron chi connectivity index (χ0n) is 12.0. The number of hydrogen-bond acceptors (Lipinski definition) is 2. The molecule has 2 aromatic heterocycles. The van der Waals surface area contributed by atoms with E-state index in [0.717, 1.165) is 23.1 Å². The molecule has 0 aliphatic heterocycles. The summed E-state index contributed by atoms with van der Waals surface area (Å²) in [4.78, 5) is 8.90. The van der Waals surface area contributed by atoms with E-state index in [1.54, 1.807) is 0 Å². The summed E-state index contributed by atoms with van der Waals surface area (Å²) in [5.74, 6) is 0. The average Bonchev–Trinajstić information content (AvgIpc) is 2.49. The van der Waals surface area contributed by atoms with Crippen LogP contribution < -0.4 is 0 Å². The summed E-state index contributed by atoms with van der Waals surface area (Å²) in [6.45, 7) is 2.16. The molecule has 0 bridgehead atoms. The van der Waals surface area contributed by atoms with Crippen molar-refractivity contribution in [1.29, 1.82) is 0 Å². The second-order valence-corrected chi connectivity index (χ2v) is 5.80. The number of nitrogens with zero attached hydrogens (tertiary/aromatic N) is 2. The smallest absolute Gasteiger partial charge is 0.0917 e. The van der Waals surface area contributed by atoms with Gasteiger partial charge in [-0.2, -0.15) is 0 Å². The van der Waals surface area contributed by atoms with Gasteiger partial charge in [-0.05, 0) is 55.5 Å². The fraction of sp³-hybridized carbons (Fsp3) is 0.412. The predicted octanol–water partition coefficient (Wildman–Crippen LogP) is 4.95. The van der Waals surface area contributed by atoms with Gasteiger partial charge in [-0.1, -0.05) is 34.8 Å². The number of pyridine rings is 2. The highest BCUT2D eigenvalue weighted by molar-refractivity contribution is 9.09. The van der Waals surface area contributed by atoms with Crippen molar-refractivity contribution in [2.45, 2.75) is 39.0 Å². The van der Waals surface area contributed by atoms with Crippen LogP contribution >= 0.6 is 15.9 Å². The summed E-state index contributed by atoms with van der Waals surface area (Å²) in [5, 5.41) is 1.12. The van der Waals surface area contributed by atoms with E-state index in [4.69, 9.17) is 0 Å². The first-order chi connectivity index (χ1) is 9.83. The van der Waals surface area contributed by atoms with Crippen molar-refractivity contribution in [2.24, 2.45) is 0 Å². The normalized spacial score (nSPS) is 10.7. The number of hydrogen-bond donors (Lipinski definition) is 0.